The molecule has 0 amide bonds. The first-order valence-electron chi connectivity index (χ1n) is 6.10. The number of halogens is 1. The maximum Gasteiger partial charge on any atom is 0.373 e. The van der Waals surface area contributed by atoms with Crippen LogP contribution < -0.4 is 0 Å². The van der Waals surface area contributed by atoms with Crippen molar-refractivity contribution in [3.8, 4) is 11.5 Å². The fourth-order valence-corrected chi connectivity index (χ4v) is 2.08. The zero-order valence-electron chi connectivity index (χ0n) is 11.0. The van der Waals surface area contributed by atoms with E-state index < -0.39 is 10.9 Å². The summed E-state index contributed by atoms with van der Waals surface area (Å²) >= 11 is 5.82. The molecule has 0 unspecified atom stereocenters. The van der Waals surface area contributed by atoms with E-state index in [1.807, 2.05) is 6.92 Å². The molecular weight excluding hydrogens is 300 g/mol. The van der Waals surface area contributed by atoms with Crippen LogP contribution in [0.15, 0.2) is 22.6 Å². The predicted octanol–water partition coefficient (Wildman–Crippen LogP) is 3.55. The van der Waals surface area contributed by atoms with Crippen molar-refractivity contribution >= 4 is 23.3 Å². The highest BCUT2D eigenvalue weighted by atomic mass is 35.5. The van der Waals surface area contributed by atoms with Gasteiger partial charge in [0, 0.05) is 22.7 Å². The van der Waals surface area contributed by atoms with Crippen molar-refractivity contribution in [2.45, 2.75) is 19.8 Å². The van der Waals surface area contributed by atoms with E-state index in [1.54, 1.807) is 0 Å². The lowest BCUT2D eigenvalue weighted by Gasteiger charge is -1.97. The van der Waals surface area contributed by atoms with Crippen LogP contribution in [0.2, 0.25) is 5.02 Å². The number of hydrogen-bond donors (Lipinski definition) is 1. The number of aromatic carboxylic acids is 1. The number of carbonyl (C=O) groups is 1. The molecule has 110 valence electrons. The Morgan fingerprint density at radius 3 is 2.76 bits per heavy atom. The van der Waals surface area contributed by atoms with Gasteiger partial charge in [0.2, 0.25) is 11.7 Å². The average molecular weight is 311 g/mol. The zero-order chi connectivity index (χ0) is 15.6. The smallest absolute Gasteiger partial charge is 0.373 e. The number of oxazole rings is 1. The quantitative estimate of drug-likeness (QED) is 0.668. The molecule has 0 spiro atoms. The summed E-state index contributed by atoms with van der Waals surface area (Å²) in [5.74, 6) is -1.48. The van der Waals surface area contributed by atoms with Crippen LogP contribution in [0.3, 0.4) is 0 Å². The first-order valence-corrected chi connectivity index (χ1v) is 6.48. The fourth-order valence-electron chi connectivity index (χ4n) is 1.85. The molecule has 0 aliphatic heterocycles. The molecule has 0 atom stereocenters. The summed E-state index contributed by atoms with van der Waals surface area (Å²) in [5, 5.41) is 20.0. The highest BCUT2D eigenvalue weighted by Gasteiger charge is 2.21. The molecule has 0 bridgehead atoms. The number of non-ortho nitro benzene ring substituents is 1. The molecule has 21 heavy (non-hydrogen) atoms. The lowest BCUT2D eigenvalue weighted by Crippen LogP contribution is -1.99. The van der Waals surface area contributed by atoms with E-state index in [1.165, 1.54) is 18.2 Å². The van der Waals surface area contributed by atoms with E-state index in [-0.39, 0.29) is 27.9 Å². The topological polar surface area (TPSA) is 106 Å². The largest absolute Gasteiger partial charge is 0.475 e. The van der Waals surface area contributed by atoms with Gasteiger partial charge in [-0.3, -0.25) is 10.1 Å². The van der Waals surface area contributed by atoms with Gasteiger partial charge in [0.05, 0.1) is 10.6 Å². The molecule has 1 heterocycles. The number of carboxylic acid groups (broad SMARTS) is 1. The summed E-state index contributed by atoms with van der Waals surface area (Å²) in [6, 6.07) is 3.86. The summed E-state index contributed by atoms with van der Waals surface area (Å²) < 4.78 is 5.21. The third kappa shape index (κ3) is 3.19. The van der Waals surface area contributed by atoms with Gasteiger partial charge in [0.1, 0.15) is 0 Å². The van der Waals surface area contributed by atoms with E-state index in [9.17, 15) is 14.9 Å². The Labute approximate surface area is 124 Å². The highest BCUT2D eigenvalue weighted by Crippen LogP contribution is 2.29. The molecule has 2 aromatic rings. The number of nitrogens with zero attached hydrogens (tertiary/aromatic N) is 2. The van der Waals surface area contributed by atoms with Crippen molar-refractivity contribution < 1.29 is 19.2 Å². The number of rotatable bonds is 5. The molecule has 0 aliphatic carbocycles. The summed E-state index contributed by atoms with van der Waals surface area (Å²) in [6.45, 7) is 1.88. The number of nitro benzene ring substituents is 1. The van der Waals surface area contributed by atoms with E-state index in [4.69, 9.17) is 21.1 Å². The maximum absolute atomic E-state index is 11.1. The number of carboxylic acids is 1. The SMILES string of the molecule is CCCc1nc(-c2cc(Cl)cc([N+](=O)[O-])c2)oc1C(=O)O. The summed E-state index contributed by atoms with van der Waals surface area (Å²) in [4.78, 5) is 25.4. The minimum absolute atomic E-state index is 0.00134. The van der Waals surface area contributed by atoms with Crippen LogP contribution in [-0.4, -0.2) is 21.0 Å². The van der Waals surface area contributed by atoms with Gasteiger partial charge in [-0.2, -0.15) is 0 Å². The highest BCUT2D eigenvalue weighted by molar-refractivity contribution is 6.31. The molecule has 0 saturated heterocycles. The normalized spacial score (nSPS) is 10.6. The van der Waals surface area contributed by atoms with E-state index in [2.05, 4.69) is 4.98 Å². The first kappa shape index (κ1) is 15.0. The molecule has 1 aromatic heterocycles. The Morgan fingerprint density at radius 1 is 1.48 bits per heavy atom. The molecule has 0 aliphatic rings. The third-order valence-electron chi connectivity index (χ3n) is 2.72. The van der Waals surface area contributed by atoms with Crippen molar-refractivity contribution in [3.05, 3.63) is 44.8 Å². The second-order valence-corrected chi connectivity index (χ2v) is 4.74. The van der Waals surface area contributed by atoms with Crippen LogP contribution in [0.25, 0.3) is 11.5 Å². The van der Waals surface area contributed by atoms with Crippen LogP contribution in [-0.2, 0) is 6.42 Å². The predicted molar refractivity (Wildman–Crippen MR) is 74.6 cm³/mol. The minimum Gasteiger partial charge on any atom is -0.475 e. The van der Waals surface area contributed by atoms with Crippen LogP contribution in [0.1, 0.15) is 29.6 Å². The number of aryl methyl sites for hydroxylation is 1. The van der Waals surface area contributed by atoms with Gasteiger partial charge < -0.3 is 9.52 Å². The van der Waals surface area contributed by atoms with E-state index >= 15 is 0 Å². The second kappa shape index (κ2) is 5.92. The van der Waals surface area contributed by atoms with Crippen LogP contribution in [0, 0.1) is 10.1 Å². The Balaban J connectivity index is 2.54. The summed E-state index contributed by atoms with van der Waals surface area (Å²) in [6.07, 6.45) is 1.13. The number of nitro groups is 1. The molecule has 1 aromatic carbocycles. The Hall–Kier alpha value is -2.41. The molecule has 2 rings (SSSR count). The number of hydrogen-bond acceptors (Lipinski definition) is 5. The first-order chi connectivity index (χ1) is 9.92. The molecule has 0 saturated carbocycles. The third-order valence-corrected chi connectivity index (χ3v) is 2.94. The molecule has 0 radical (unpaired) electrons. The molecule has 0 fully saturated rings. The fraction of sp³-hybridized carbons (Fsp3) is 0.231. The van der Waals surface area contributed by atoms with Crippen LogP contribution in [0.5, 0.6) is 0 Å². The monoisotopic (exact) mass is 310 g/mol. The van der Waals surface area contributed by atoms with E-state index in [0.717, 1.165) is 0 Å². The van der Waals surface area contributed by atoms with Gasteiger partial charge in [0.15, 0.2) is 0 Å². The molecular formula is C13H11ClN2O5. The van der Waals surface area contributed by atoms with Crippen molar-refractivity contribution in [2.75, 3.05) is 0 Å². The van der Waals surface area contributed by atoms with Crippen LogP contribution >= 0.6 is 11.6 Å². The number of aromatic nitrogens is 1. The van der Waals surface area contributed by atoms with Crippen LogP contribution in [0.4, 0.5) is 5.69 Å². The number of benzene rings is 1. The second-order valence-electron chi connectivity index (χ2n) is 4.31. The standard InChI is InChI=1S/C13H11ClN2O5/c1-2-3-10-11(13(17)18)21-12(15-10)7-4-8(14)6-9(5-7)16(19)20/h4-6H,2-3H2,1H3,(H,17,18). The lowest BCUT2D eigenvalue weighted by atomic mass is 10.2. The lowest BCUT2D eigenvalue weighted by molar-refractivity contribution is -0.384. The van der Waals surface area contributed by atoms with Gasteiger partial charge in [0.25, 0.3) is 5.69 Å². The zero-order valence-corrected chi connectivity index (χ0v) is 11.8. The Kier molecular flexibility index (Phi) is 4.23. The van der Waals surface area contributed by atoms with Gasteiger partial charge in [-0.1, -0.05) is 24.9 Å². The summed E-state index contributed by atoms with van der Waals surface area (Å²) in [7, 11) is 0. The van der Waals surface area contributed by atoms with Crippen molar-refractivity contribution in [2.24, 2.45) is 0 Å². The van der Waals surface area contributed by atoms with Gasteiger partial charge in [-0.15, -0.1) is 0 Å². The molecule has 1 N–H and O–H groups in total. The molecule has 7 nitrogen and oxygen atoms in total. The van der Waals surface area contributed by atoms with Gasteiger partial charge >= 0.3 is 5.97 Å². The van der Waals surface area contributed by atoms with E-state index in [0.29, 0.717) is 18.5 Å². The van der Waals surface area contributed by atoms with Crippen molar-refractivity contribution in [1.29, 1.82) is 0 Å². The average Bonchev–Trinajstić information content (AvgIpc) is 2.82. The Bertz CT molecular complexity index is 711. The van der Waals surface area contributed by atoms with Gasteiger partial charge in [-0.05, 0) is 12.5 Å². The minimum atomic E-state index is -1.23. The van der Waals surface area contributed by atoms with Crippen molar-refractivity contribution in [1.82, 2.24) is 4.98 Å². The van der Waals surface area contributed by atoms with Crippen molar-refractivity contribution in [3.63, 3.8) is 0 Å². The van der Waals surface area contributed by atoms with Gasteiger partial charge in [-0.25, -0.2) is 9.78 Å². The Morgan fingerprint density at radius 2 is 2.19 bits per heavy atom. The maximum atomic E-state index is 11.1. The summed E-state index contributed by atoms with van der Waals surface area (Å²) in [5.41, 5.74) is 0.353. The molecule has 8 heteroatoms.